The summed E-state index contributed by atoms with van der Waals surface area (Å²) in [4.78, 5) is 20.1. The quantitative estimate of drug-likeness (QED) is 0.150. The van der Waals surface area contributed by atoms with Crippen LogP contribution in [0.3, 0.4) is 0 Å². The summed E-state index contributed by atoms with van der Waals surface area (Å²) in [5, 5.41) is 8.27. The molecule has 0 radical (unpaired) electrons. The molecule has 9 nitrogen and oxygen atoms in total. The molecule has 1 N–H and O–H groups in total. The number of carbonyl (C=O) groups is 2. The van der Waals surface area contributed by atoms with Crippen LogP contribution in [0, 0.1) is 0 Å². The van der Waals surface area contributed by atoms with Crippen LogP contribution in [0.5, 0.6) is 0 Å². The van der Waals surface area contributed by atoms with Gasteiger partial charge in [0.1, 0.15) is 6.61 Å². The molecule has 0 bridgehead atoms. The Bertz CT molecular complexity index is 539. The molecule has 0 fully saturated rings. The SMILES string of the molecule is FF.O=COCOC(COC(OCOC(COCC(=O)O)C(F)(F)F)C(F)(F)F)C(F)(F)F. The monoisotopic (exact) mass is 524 g/mol. The van der Waals surface area contributed by atoms with E-state index in [4.69, 9.17) is 14.3 Å². The summed E-state index contributed by atoms with van der Waals surface area (Å²) in [5.41, 5.74) is 0. The van der Waals surface area contributed by atoms with Crippen LogP contribution in [-0.4, -0.2) is 88.0 Å². The third-order valence-corrected chi connectivity index (χ3v) is 2.79. The topological polar surface area (TPSA) is 110 Å². The number of carboxylic acid groups (broad SMARTS) is 1. The third-order valence-electron chi connectivity index (χ3n) is 2.79. The maximum absolute atomic E-state index is 12.8. The van der Waals surface area contributed by atoms with Crippen LogP contribution < -0.4 is 0 Å². The second-order valence-corrected chi connectivity index (χ2v) is 5.17. The maximum Gasteiger partial charge on any atom is 0.440 e. The van der Waals surface area contributed by atoms with Crippen molar-refractivity contribution in [1.82, 2.24) is 0 Å². The van der Waals surface area contributed by atoms with Gasteiger partial charge in [0.15, 0.2) is 25.8 Å². The molecule has 0 saturated carbocycles. The van der Waals surface area contributed by atoms with E-state index in [1.807, 2.05) is 0 Å². The van der Waals surface area contributed by atoms with Gasteiger partial charge in [-0.1, -0.05) is 0 Å². The maximum atomic E-state index is 12.8. The fraction of sp³-hybridized carbons (Fsp3) is 0.846. The van der Waals surface area contributed by atoms with Crippen LogP contribution in [-0.2, 0) is 38.0 Å². The van der Waals surface area contributed by atoms with Gasteiger partial charge in [0.2, 0.25) is 0 Å². The largest absolute Gasteiger partial charge is 0.480 e. The van der Waals surface area contributed by atoms with Gasteiger partial charge in [-0.3, -0.25) is 4.79 Å². The molecule has 0 heterocycles. The molecule has 20 heteroatoms. The molecule has 33 heavy (non-hydrogen) atoms. The first-order chi connectivity index (χ1) is 15.1. The minimum absolute atomic E-state index is 0.301. The smallest absolute Gasteiger partial charge is 0.440 e. The fourth-order valence-corrected chi connectivity index (χ4v) is 1.47. The number of carboxylic acids is 1. The molecule has 0 spiro atoms. The minimum atomic E-state index is -5.49. The minimum Gasteiger partial charge on any atom is -0.480 e. The van der Waals surface area contributed by atoms with Crippen molar-refractivity contribution < 1.29 is 91.8 Å². The van der Waals surface area contributed by atoms with Crippen LogP contribution >= 0.6 is 0 Å². The Balaban J connectivity index is 0. The number of hydrogen-bond acceptors (Lipinski definition) is 8. The van der Waals surface area contributed by atoms with Crippen molar-refractivity contribution in [3.63, 3.8) is 0 Å². The summed E-state index contributed by atoms with van der Waals surface area (Å²) in [5.74, 6) is -1.64. The van der Waals surface area contributed by atoms with Crippen LogP contribution in [0.15, 0.2) is 0 Å². The number of alkyl halides is 9. The normalized spacial score (nSPS) is 15.1. The highest BCUT2D eigenvalue weighted by molar-refractivity contribution is 5.67. The number of ether oxygens (including phenoxy) is 6. The summed E-state index contributed by atoms with van der Waals surface area (Å²) in [6, 6.07) is 0. The van der Waals surface area contributed by atoms with Crippen LogP contribution in [0.4, 0.5) is 48.7 Å². The number of hydrogen-bond donors (Lipinski definition) is 1. The zero-order valence-electron chi connectivity index (χ0n) is 15.7. The van der Waals surface area contributed by atoms with Gasteiger partial charge in [-0.15, -0.1) is 0 Å². The molecule has 0 aromatic rings. The lowest BCUT2D eigenvalue weighted by Crippen LogP contribution is -2.43. The predicted octanol–water partition coefficient (Wildman–Crippen LogP) is 2.83. The van der Waals surface area contributed by atoms with Crippen molar-refractivity contribution in [2.45, 2.75) is 37.0 Å². The Kier molecular flexibility index (Phi) is 15.8. The van der Waals surface area contributed by atoms with Crippen LogP contribution in [0.25, 0.3) is 0 Å². The average molecular weight is 524 g/mol. The van der Waals surface area contributed by atoms with Crippen molar-refractivity contribution in [2.24, 2.45) is 0 Å². The number of halogens is 11. The highest BCUT2D eigenvalue weighted by atomic mass is 20.0. The molecule has 0 rings (SSSR count). The van der Waals surface area contributed by atoms with Crippen molar-refractivity contribution in [2.75, 3.05) is 33.4 Å². The molecule has 0 aromatic carbocycles. The van der Waals surface area contributed by atoms with E-state index in [-0.39, 0.29) is 6.47 Å². The summed E-state index contributed by atoms with van der Waals surface area (Å²) in [6.07, 6.45) is -25.3. The molecule has 0 amide bonds. The predicted molar refractivity (Wildman–Crippen MR) is 76.3 cm³/mol. The molecular formula is C13H15F11O9. The van der Waals surface area contributed by atoms with Crippen molar-refractivity contribution >= 4 is 12.4 Å². The first-order valence-corrected chi connectivity index (χ1v) is 7.74. The van der Waals surface area contributed by atoms with Gasteiger partial charge >= 0.3 is 24.5 Å². The summed E-state index contributed by atoms with van der Waals surface area (Å²) < 4.78 is 154. The molecular weight excluding hydrogens is 509 g/mol. The van der Waals surface area contributed by atoms with Gasteiger partial charge in [0, 0.05) is 9.15 Å². The standard InChI is InChI=1S/C13H15F9O9.F2/c14-11(15,16)7(1-26-3-9(24)25)30-6-31-10(13(20,21)22)28-2-8(12(17,18)19)29-5-27-4-23;1-2/h4,7-8,10H,1-3,5-6H2,(H,24,25);. The fourth-order valence-electron chi connectivity index (χ4n) is 1.47. The number of carbonyl (C=O) groups excluding carboxylic acids is 1. The Labute approximate surface area is 176 Å². The number of aliphatic carboxylic acids is 1. The van der Waals surface area contributed by atoms with Crippen LogP contribution in [0.1, 0.15) is 0 Å². The molecule has 0 aliphatic carbocycles. The molecule has 198 valence electrons. The van der Waals surface area contributed by atoms with E-state index >= 15 is 0 Å². The van der Waals surface area contributed by atoms with Crippen molar-refractivity contribution in [3.05, 3.63) is 0 Å². The second kappa shape index (κ2) is 15.7. The molecule has 3 unspecified atom stereocenters. The summed E-state index contributed by atoms with van der Waals surface area (Å²) in [6.45, 7) is -7.77. The molecule has 0 saturated heterocycles. The van der Waals surface area contributed by atoms with E-state index in [9.17, 15) is 49.1 Å². The highest BCUT2D eigenvalue weighted by Gasteiger charge is 2.47. The van der Waals surface area contributed by atoms with Crippen molar-refractivity contribution in [3.8, 4) is 0 Å². The van der Waals surface area contributed by atoms with E-state index in [2.05, 4.69) is 28.4 Å². The lowest BCUT2D eigenvalue weighted by molar-refractivity contribution is -0.351. The Morgan fingerprint density at radius 2 is 1.24 bits per heavy atom. The molecule has 0 aliphatic rings. The lowest BCUT2D eigenvalue weighted by Gasteiger charge is -2.26. The Morgan fingerprint density at radius 3 is 1.67 bits per heavy atom. The first kappa shape index (κ1) is 33.1. The van der Waals surface area contributed by atoms with Gasteiger partial charge in [0.25, 0.3) is 12.8 Å². The molecule has 0 aromatic heterocycles. The van der Waals surface area contributed by atoms with Crippen LogP contribution in [0.2, 0.25) is 0 Å². The van der Waals surface area contributed by atoms with Gasteiger partial charge in [-0.05, 0) is 0 Å². The summed E-state index contributed by atoms with van der Waals surface area (Å²) in [7, 11) is 0. The lowest BCUT2D eigenvalue weighted by atomic mass is 10.3. The van der Waals surface area contributed by atoms with E-state index in [0.717, 1.165) is 0 Å². The van der Waals surface area contributed by atoms with Gasteiger partial charge < -0.3 is 33.5 Å². The third kappa shape index (κ3) is 16.3. The number of rotatable bonds is 15. The van der Waals surface area contributed by atoms with Crippen molar-refractivity contribution in [1.29, 1.82) is 0 Å². The zero-order chi connectivity index (χ0) is 26.3. The van der Waals surface area contributed by atoms with Gasteiger partial charge in [-0.25, -0.2) is 4.79 Å². The van der Waals surface area contributed by atoms with Gasteiger partial charge in [-0.2, -0.15) is 39.5 Å². The van der Waals surface area contributed by atoms with E-state index in [0.29, 0.717) is 0 Å². The Hall–Kier alpha value is -2.03. The highest BCUT2D eigenvalue weighted by Crippen LogP contribution is 2.28. The van der Waals surface area contributed by atoms with Gasteiger partial charge in [0.05, 0.1) is 13.2 Å². The average Bonchev–Trinajstić information content (AvgIpc) is 2.66. The Morgan fingerprint density at radius 1 is 0.758 bits per heavy atom. The summed E-state index contributed by atoms with van der Waals surface area (Å²) >= 11 is 0. The van der Waals surface area contributed by atoms with E-state index in [1.54, 1.807) is 0 Å². The molecule has 0 aliphatic heterocycles. The first-order valence-electron chi connectivity index (χ1n) is 7.74. The molecule has 3 atom stereocenters. The van der Waals surface area contributed by atoms with E-state index < -0.39 is 76.4 Å². The zero-order valence-corrected chi connectivity index (χ0v) is 15.7. The second-order valence-electron chi connectivity index (χ2n) is 5.17. The van der Waals surface area contributed by atoms with E-state index in [1.165, 1.54) is 0 Å².